The second-order valence-electron chi connectivity index (χ2n) is 6.18. The fourth-order valence-corrected chi connectivity index (χ4v) is 2.75. The maximum atomic E-state index is 5.41. The Morgan fingerprint density at radius 2 is 1.05 bits per heavy atom. The van der Waals surface area contributed by atoms with Crippen LogP contribution >= 0.6 is 11.8 Å². The van der Waals surface area contributed by atoms with Crippen LogP contribution in [0.5, 0.6) is 0 Å². The van der Waals surface area contributed by atoms with Crippen LogP contribution in [0.4, 0.5) is 0 Å². The third-order valence-electron chi connectivity index (χ3n) is 4.03. The van der Waals surface area contributed by atoms with Crippen LogP contribution in [0.2, 0.25) is 0 Å². The average molecular weight is 316 g/mol. The van der Waals surface area contributed by atoms with Crippen LogP contribution in [0.1, 0.15) is 103 Å². The van der Waals surface area contributed by atoms with Crippen molar-refractivity contribution in [2.75, 3.05) is 6.54 Å². The Bertz CT molecular complexity index is 204. The molecule has 0 aromatic rings. The molecule has 0 bridgehead atoms. The van der Waals surface area contributed by atoms with Crippen LogP contribution in [0.25, 0.3) is 0 Å². The standard InChI is InChI=1S/C19H38ClN/c1-2-3-4-5-6-7-8-9-10-11-12-13-14-15-16-17-18-19-21-20/h10-11,21H,2-9,12-19H2,1H3/b11-10-. The van der Waals surface area contributed by atoms with Gasteiger partial charge in [-0.1, -0.05) is 83.3 Å². The summed E-state index contributed by atoms with van der Waals surface area (Å²) in [6.45, 7) is 3.23. The molecule has 0 aliphatic heterocycles. The fourth-order valence-electron chi connectivity index (χ4n) is 2.62. The average Bonchev–Trinajstić information content (AvgIpc) is 2.50. The van der Waals surface area contributed by atoms with Crippen LogP contribution in [0, 0.1) is 0 Å². The first-order valence-corrected chi connectivity index (χ1v) is 9.78. The third-order valence-corrected chi connectivity index (χ3v) is 4.22. The quantitative estimate of drug-likeness (QED) is 0.170. The van der Waals surface area contributed by atoms with Crippen molar-refractivity contribution in [1.29, 1.82) is 0 Å². The Morgan fingerprint density at radius 1 is 0.619 bits per heavy atom. The first-order valence-electron chi connectivity index (χ1n) is 9.40. The van der Waals surface area contributed by atoms with Crippen LogP contribution in [-0.2, 0) is 0 Å². The number of rotatable bonds is 17. The van der Waals surface area contributed by atoms with Gasteiger partial charge in [-0.25, -0.2) is 4.84 Å². The lowest BCUT2D eigenvalue weighted by atomic mass is 10.1. The Morgan fingerprint density at radius 3 is 1.52 bits per heavy atom. The number of hydrogen-bond donors (Lipinski definition) is 1. The zero-order chi connectivity index (χ0) is 15.4. The van der Waals surface area contributed by atoms with Gasteiger partial charge in [0.2, 0.25) is 0 Å². The van der Waals surface area contributed by atoms with Crippen molar-refractivity contribution in [1.82, 2.24) is 4.84 Å². The van der Waals surface area contributed by atoms with Gasteiger partial charge in [0.1, 0.15) is 0 Å². The molecule has 2 heteroatoms. The van der Waals surface area contributed by atoms with Gasteiger partial charge in [0, 0.05) is 6.54 Å². The number of hydrogen-bond acceptors (Lipinski definition) is 1. The van der Waals surface area contributed by atoms with Gasteiger partial charge in [-0.2, -0.15) is 0 Å². The summed E-state index contributed by atoms with van der Waals surface area (Å²) in [6.07, 6.45) is 25.3. The fraction of sp³-hybridized carbons (Fsp3) is 0.895. The van der Waals surface area contributed by atoms with E-state index in [0.29, 0.717) is 0 Å². The second-order valence-corrected chi connectivity index (χ2v) is 6.44. The minimum atomic E-state index is 0.947. The number of unbranched alkanes of at least 4 members (excludes halogenated alkanes) is 13. The molecule has 0 unspecified atom stereocenters. The predicted octanol–water partition coefficient (Wildman–Crippen LogP) is 7.16. The molecular weight excluding hydrogens is 278 g/mol. The van der Waals surface area contributed by atoms with Crippen molar-refractivity contribution in [3.05, 3.63) is 12.2 Å². The molecule has 0 fully saturated rings. The van der Waals surface area contributed by atoms with Gasteiger partial charge >= 0.3 is 0 Å². The first-order chi connectivity index (χ1) is 10.4. The van der Waals surface area contributed by atoms with Gasteiger partial charge in [-0.15, -0.1) is 0 Å². The van der Waals surface area contributed by atoms with Crippen molar-refractivity contribution in [2.45, 2.75) is 103 Å². The molecule has 126 valence electrons. The highest BCUT2D eigenvalue weighted by molar-refractivity contribution is 6.13. The van der Waals surface area contributed by atoms with E-state index in [4.69, 9.17) is 11.8 Å². The van der Waals surface area contributed by atoms with E-state index < -0.39 is 0 Å². The second kappa shape index (κ2) is 20.0. The lowest BCUT2D eigenvalue weighted by molar-refractivity contribution is 0.590. The summed E-state index contributed by atoms with van der Waals surface area (Å²) < 4.78 is 0. The highest BCUT2D eigenvalue weighted by Crippen LogP contribution is 2.10. The van der Waals surface area contributed by atoms with Gasteiger partial charge in [0.15, 0.2) is 0 Å². The molecule has 0 amide bonds. The Labute approximate surface area is 139 Å². The number of allylic oxidation sites excluding steroid dienone is 2. The highest BCUT2D eigenvalue weighted by atomic mass is 35.5. The molecule has 0 spiro atoms. The topological polar surface area (TPSA) is 12.0 Å². The molecule has 0 radical (unpaired) electrons. The molecule has 0 aromatic heterocycles. The van der Waals surface area contributed by atoms with Crippen molar-refractivity contribution < 1.29 is 0 Å². The number of nitrogens with one attached hydrogen (secondary N) is 1. The Hall–Kier alpha value is -0.0100. The molecule has 0 atom stereocenters. The largest absolute Gasteiger partial charge is 0.234 e. The summed E-state index contributed by atoms with van der Waals surface area (Å²) in [5, 5.41) is 0. The molecule has 0 aromatic carbocycles. The molecule has 0 saturated carbocycles. The SMILES string of the molecule is CCCCCCCCC/C=C\CCCCCCCCNCl. The van der Waals surface area contributed by atoms with Gasteiger partial charge in [-0.05, 0) is 43.9 Å². The normalized spacial score (nSPS) is 11.5. The van der Waals surface area contributed by atoms with Gasteiger partial charge in [0.25, 0.3) is 0 Å². The molecule has 0 saturated heterocycles. The Kier molecular flexibility index (Phi) is 20.0. The zero-order valence-corrected chi connectivity index (χ0v) is 15.1. The van der Waals surface area contributed by atoms with Crippen molar-refractivity contribution in [2.24, 2.45) is 0 Å². The smallest absolute Gasteiger partial charge is 0.0108 e. The molecular formula is C19H38ClN. The van der Waals surface area contributed by atoms with E-state index in [2.05, 4.69) is 23.9 Å². The number of halogens is 1. The molecule has 0 heterocycles. The van der Waals surface area contributed by atoms with E-state index in [1.54, 1.807) is 0 Å². The summed E-state index contributed by atoms with van der Waals surface area (Å²) >= 11 is 5.41. The third kappa shape index (κ3) is 20.0. The van der Waals surface area contributed by atoms with E-state index in [0.717, 1.165) is 6.54 Å². The lowest BCUT2D eigenvalue weighted by Gasteiger charge is -2.00. The monoisotopic (exact) mass is 315 g/mol. The minimum absolute atomic E-state index is 0.947. The summed E-state index contributed by atoms with van der Waals surface area (Å²) in [7, 11) is 0. The summed E-state index contributed by atoms with van der Waals surface area (Å²) in [4.78, 5) is 2.68. The van der Waals surface area contributed by atoms with Crippen molar-refractivity contribution in [3.63, 3.8) is 0 Å². The zero-order valence-electron chi connectivity index (χ0n) is 14.3. The summed E-state index contributed by atoms with van der Waals surface area (Å²) in [6, 6.07) is 0. The molecule has 1 nitrogen and oxygen atoms in total. The van der Waals surface area contributed by atoms with Gasteiger partial charge in [-0.3, -0.25) is 0 Å². The molecule has 21 heavy (non-hydrogen) atoms. The van der Waals surface area contributed by atoms with Crippen molar-refractivity contribution in [3.8, 4) is 0 Å². The molecule has 0 rings (SSSR count). The lowest BCUT2D eigenvalue weighted by Crippen LogP contribution is -1.99. The van der Waals surface area contributed by atoms with Gasteiger partial charge < -0.3 is 0 Å². The van der Waals surface area contributed by atoms with Crippen LogP contribution < -0.4 is 4.84 Å². The van der Waals surface area contributed by atoms with E-state index in [1.807, 2.05) is 0 Å². The summed E-state index contributed by atoms with van der Waals surface area (Å²) in [5.41, 5.74) is 0. The highest BCUT2D eigenvalue weighted by Gasteiger charge is 1.91. The van der Waals surface area contributed by atoms with Crippen LogP contribution in [-0.4, -0.2) is 6.54 Å². The maximum absolute atomic E-state index is 5.41. The van der Waals surface area contributed by atoms with Crippen molar-refractivity contribution >= 4 is 11.8 Å². The summed E-state index contributed by atoms with van der Waals surface area (Å²) in [5.74, 6) is 0. The Balaban J connectivity index is 3.02. The molecule has 0 aliphatic carbocycles. The van der Waals surface area contributed by atoms with Crippen LogP contribution in [0.15, 0.2) is 12.2 Å². The molecule has 1 N–H and O–H groups in total. The van der Waals surface area contributed by atoms with Gasteiger partial charge in [0.05, 0.1) is 0 Å². The van der Waals surface area contributed by atoms with Crippen LogP contribution in [0.3, 0.4) is 0 Å². The minimum Gasteiger partial charge on any atom is -0.234 e. The van der Waals surface area contributed by atoms with E-state index in [-0.39, 0.29) is 0 Å². The van der Waals surface area contributed by atoms with E-state index in [1.165, 1.54) is 96.3 Å². The van der Waals surface area contributed by atoms with E-state index in [9.17, 15) is 0 Å². The predicted molar refractivity (Wildman–Crippen MR) is 97.9 cm³/mol. The van der Waals surface area contributed by atoms with E-state index >= 15 is 0 Å². The maximum Gasteiger partial charge on any atom is 0.0108 e. The first kappa shape index (κ1) is 21.0. The molecule has 0 aliphatic rings.